The van der Waals surface area contributed by atoms with Gasteiger partial charge in [-0.05, 0) is 20.3 Å². The van der Waals surface area contributed by atoms with Crippen molar-refractivity contribution >= 4 is 5.91 Å². The smallest absolute Gasteiger partial charge is 0.220 e. The number of nitrogens with one attached hydrogen (secondary N) is 1. The van der Waals surface area contributed by atoms with E-state index in [4.69, 9.17) is 4.52 Å². The monoisotopic (exact) mass is 340 g/mol. The first-order valence-corrected chi connectivity index (χ1v) is 8.11. The van der Waals surface area contributed by atoms with Crippen LogP contribution in [0.15, 0.2) is 35.5 Å². The van der Waals surface area contributed by atoms with Gasteiger partial charge in [-0.3, -0.25) is 9.78 Å². The third-order valence-electron chi connectivity index (χ3n) is 3.97. The molecule has 0 bridgehead atoms. The number of nitrogens with zero attached hydrogens (tertiary/aromatic N) is 5. The number of carbonyl (C=O) groups excluding carboxylic acids is 1. The van der Waals surface area contributed by atoms with Gasteiger partial charge in [0.05, 0.1) is 11.9 Å². The Balaban J connectivity index is 1.49. The van der Waals surface area contributed by atoms with Crippen LogP contribution < -0.4 is 5.32 Å². The number of rotatable bonds is 7. The highest BCUT2D eigenvalue weighted by molar-refractivity contribution is 5.76. The summed E-state index contributed by atoms with van der Waals surface area (Å²) in [5.41, 5.74) is 2.56. The fraction of sp³-hybridized carbons (Fsp3) is 0.353. The van der Waals surface area contributed by atoms with E-state index in [-0.39, 0.29) is 5.91 Å². The van der Waals surface area contributed by atoms with E-state index in [1.165, 1.54) is 0 Å². The van der Waals surface area contributed by atoms with Gasteiger partial charge in [-0.2, -0.15) is 0 Å². The van der Waals surface area contributed by atoms with Crippen LogP contribution in [0.5, 0.6) is 0 Å². The number of carbonyl (C=O) groups is 1. The van der Waals surface area contributed by atoms with Crippen molar-refractivity contribution in [3.05, 3.63) is 48.0 Å². The van der Waals surface area contributed by atoms with Crippen LogP contribution in [-0.2, 0) is 17.8 Å². The third-order valence-corrected chi connectivity index (χ3v) is 3.97. The Morgan fingerprint density at radius 3 is 2.84 bits per heavy atom. The predicted octanol–water partition coefficient (Wildman–Crippen LogP) is 1.69. The van der Waals surface area contributed by atoms with Gasteiger partial charge in [0.15, 0.2) is 5.82 Å². The minimum Gasteiger partial charge on any atom is -0.361 e. The first-order valence-electron chi connectivity index (χ1n) is 8.11. The van der Waals surface area contributed by atoms with Gasteiger partial charge in [0.25, 0.3) is 0 Å². The van der Waals surface area contributed by atoms with Crippen molar-refractivity contribution in [1.82, 2.24) is 30.0 Å². The Kier molecular flexibility index (Phi) is 5.17. The average molecular weight is 340 g/mol. The maximum absolute atomic E-state index is 12.0. The summed E-state index contributed by atoms with van der Waals surface area (Å²) in [5, 5.41) is 6.83. The Hall–Kier alpha value is -3.03. The van der Waals surface area contributed by atoms with Crippen LogP contribution >= 0.6 is 0 Å². The molecule has 130 valence electrons. The fourth-order valence-corrected chi connectivity index (χ4v) is 2.64. The average Bonchev–Trinajstić information content (AvgIpc) is 3.21. The molecular weight excluding hydrogens is 320 g/mol. The van der Waals surface area contributed by atoms with E-state index in [0.29, 0.717) is 31.6 Å². The van der Waals surface area contributed by atoms with E-state index in [1.807, 2.05) is 24.6 Å². The molecule has 0 spiro atoms. The van der Waals surface area contributed by atoms with Crippen molar-refractivity contribution in [3.63, 3.8) is 0 Å². The fourth-order valence-electron chi connectivity index (χ4n) is 2.64. The van der Waals surface area contributed by atoms with Crippen LogP contribution in [0.1, 0.15) is 23.4 Å². The van der Waals surface area contributed by atoms with Gasteiger partial charge in [-0.1, -0.05) is 5.16 Å². The number of imidazole rings is 1. The number of aromatic nitrogens is 5. The molecule has 0 saturated carbocycles. The van der Waals surface area contributed by atoms with E-state index in [0.717, 1.165) is 22.8 Å². The van der Waals surface area contributed by atoms with Crippen molar-refractivity contribution in [2.45, 2.75) is 33.2 Å². The van der Waals surface area contributed by atoms with Crippen molar-refractivity contribution < 1.29 is 9.32 Å². The van der Waals surface area contributed by atoms with Crippen molar-refractivity contribution in [2.24, 2.45) is 0 Å². The lowest BCUT2D eigenvalue weighted by molar-refractivity contribution is -0.121. The van der Waals surface area contributed by atoms with Crippen molar-refractivity contribution in [3.8, 4) is 11.5 Å². The predicted molar refractivity (Wildman–Crippen MR) is 90.6 cm³/mol. The number of hydrogen-bond acceptors (Lipinski definition) is 6. The largest absolute Gasteiger partial charge is 0.361 e. The highest BCUT2D eigenvalue weighted by Crippen LogP contribution is 2.14. The Labute approximate surface area is 145 Å². The van der Waals surface area contributed by atoms with E-state index < -0.39 is 0 Å². The summed E-state index contributed by atoms with van der Waals surface area (Å²) in [6.07, 6.45) is 9.53. The number of amides is 1. The van der Waals surface area contributed by atoms with Crippen LogP contribution in [0.3, 0.4) is 0 Å². The van der Waals surface area contributed by atoms with Crippen LogP contribution in [-0.4, -0.2) is 37.1 Å². The molecule has 0 fully saturated rings. The molecule has 0 aliphatic heterocycles. The number of hydrogen-bond donors (Lipinski definition) is 1. The molecular formula is C17H20N6O2. The Bertz CT molecular complexity index is 820. The van der Waals surface area contributed by atoms with Crippen LogP contribution in [0, 0.1) is 13.8 Å². The summed E-state index contributed by atoms with van der Waals surface area (Å²) in [6, 6.07) is 0. The zero-order chi connectivity index (χ0) is 17.6. The zero-order valence-corrected chi connectivity index (χ0v) is 14.3. The van der Waals surface area contributed by atoms with Gasteiger partial charge < -0.3 is 14.4 Å². The molecule has 0 radical (unpaired) electrons. The molecule has 0 aliphatic carbocycles. The molecule has 0 aliphatic rings. The lowest BCUT2D eigenvalue weighted by Crippen LogP contribution is -2.27. The molecule has 0 atom stereocenters. The Morgan fingerprint density at radius 2 is 2.12 bits per heavy atom. The van der Waals surface area contributed by atoms with Crippen LogP contribution in [0.4, 0.5) is 0 Å². The van der Waals surface area contributed by atoms with Crippen molar-refractivity contribution in [2.75, 3.05) is 6.54 Å². The SMILES string of the molecule is Cc1noc(C)c1CCC(=O)NCCn1ccnc1-c1cnccn1. The van der Waals surface area contributed by atoms with E-state index >= 15 is 0 Å². The van der Waals surface area contributed by atoms with Gasteiger partial charge in [0.1, 0.15) is 11.5 Å². The van der Waals surface area contributed by atoms with Gasteiger partial charge in [-0.25, -0.2) is 9.97 Å². The molecule has 3 heterocycles. The summed E-state index contributed by atoms with van der Waals surface area (Å²) in [4.78, 5) is 24.6. The molecule has 8 heteroatoms. The molecule has 1 N–H and O–H groups in total. The van der Waals surface area contributed by atoms with Gasteiger partial charge in [0, 0.05) is 49.9 Å². The Morgan fingerprint density at radius 1 is 1.24 bits per heavy atom. The normalized spacial score (nSPS) is 10.8. The molecule has 8 nitrogen and oxygen atoms in total. The molecule has 1 amide bonds. The summed E-state index contributed by atoms with van der Waals surface area (Å²) < 4.78 is 7.05. The second kappa shape index (κ2) is 7.69. The molecule has 3 aromatic rings. The second-order valence-corrected chi connectivity index (χ2v) is 5.69. The van der Waals surface area contributed by atoms with Crippen LogP contribution in [0.2, 0.25) is 0 Å². The summed E-state index contributed by atoms with van der Waals surface area (Å²) in [5.74, 6) is 1.51. The maximum Gasteiger partial charge on any atom is 0.220 e. The molecule has 0 unspecified atom stereocenters. The summed E-state index contributed by atoms with van der Waals surface area (Å²) in [7, 11) is 0. The second-order valence-electron chi connectivity index (χ2n) is 5.69. The molecule has 0 aromatic carbocycles. The minimum atomic E-state index is 0.00108. The first kappa shape index (κ1) is 16.8. The summed E-state index contributed by atoms with van der Waals surface area (Å²) in [6.45, 7) is 4.88. The summed E-state index contributed by atoms with van der Waals surface area (Å²) >= 11 is 0. The lowest BCUT2D eigenvalue weighted by atomic mass is 10.1. The van der Waals surface area contributed by atoms with Gasteiger partial charge in [-0.15, -0.1) is 0 Å². The van der Waals surface area contributed by atoms with E-state index in [2.05, 4.69) is 25.4 Å². The number of aryl methyl sites for hydroxylation is 2. The zero-order valence-electron chi connectivity index (χ0n) is 14.3. The van der Waals surface area contributed by atoms with E-state index in [1.54, 1.807) is 24.8 Å². The maximum atomic E-state index is 12.0. The van der Waals surface area contributed by atoms with Gasteiger partial charge >= 0.3 is 0 Å². The minimum absolute atomic E-state index is 0.00108. The van der Waals surface area contributed by atoms with Gasteiger partial charge in [0.2, 0.25) is 5.91 Å². The highest BCUT2D eigenvalue weighted by atomic mass is 16.5. The molecule has 25 heavy (non-hydrogen) atoms. The molecule has 0 saturated heterocycles. The van der Waals surface area contributed by atoms with Crippen LogP contribution in [0.25, 0.3) is 11.5 Å². The molecule has 3 aromatic heterocycles. The van der Waals surface area contributed by atoms with Crippen molar-refractivity contribution in [1.29, 1.82) is 0 Å². The standard InChI is InChI=1S/C17H20N6O2/c1-12-14(13(2)25-22-12)3-4-16(24)20-7-9-23-10-8-21-17(23)15-11-18-5-6-19-15/h5-6,8,10-11H,3-4,7,9H2,1-2H3,(H,20,24). The third kappa shape index (κ3) is 4.09. The lowest BCUT2D eigenvalue weighted by Gasteiger charge is -2.08. The molecule has 3 rings (SSSR count). The first-order chi connectivity index (χ1) is 12.1. The highest BCUT2D eigenvalue weighted by Gasteiger charge is 2.11. The quantitative estimate of drug-likeness (QED) is 0.703. The van der Waals surface area contributed by atoms with E-state index in [9.17, 15) is 4.79 Å². The topological polar surface area (TPSA) is 98.7 Å².